The predicted molar refractivity (Wildman–Crippen MR) is 93.0 cm³/mol. The summed E-state index contributed by atoms with van der Waals surface area (Å²) < 4.78 is 11.9. The zero-order valence-corrected chi connectivity index (χ0v) is 14.7. The van der Waals surface area contributed by atoms with Gasteiger partial charge in [-0.2, -0.15) is 0 Å². The van der Waals surface area contributed by atoms with E-state index < -0.39 is 5.97 Å². The molecule has 6 heteroatoms. The van der Waals surface area contributed by atoms with Gasteiger partial charge < -0.3 is 19.0 Å². The quantitative estimate of drug-likeness (QED) is 0.845. The van der Waals surface area contributed by atoms with Gasteiger partial charge in [0, 0.05) is 6.04 Å². The first kappa shape index (κ1) is 17.3. The van der Waals surface area contributed by atoms with Crippen molar-refractivity contribution in [2.24, 2.45) is 5.92 Å². The standard InChI is InChI=1S/C19H24N2O4/c1-13-5-7-14(8-6-13)20-18(22)12-21-15(17-4-3-11-25-17)9-10-16(21)19(23)24-2/h3-4,9-11,13-14H,5-8,12H2,1-2H3,(H,20,22). The van der Waals surface area contributed by atoms with Gasteiger partial charge >= 0.3 is 5.97 Å². The Morgan fingerprint density at radius 1 is 1.24 bits per heavy atom. The van der Waals surface area contributed by atoms with Crippen molar-refractivity contribution in [1.82, 2.24) is 9.88 Å². The van der Waals surface area contributed by atoms with Crippen LogP contribution >= 0.6 is 0 Å². The fraction of sp³-hybridized carbons (Fsp3) is 0.474. The summed E-state index contributed by atoms with van der Waals surface area (Å²) in [4.78, 5) is 24.5. The third kappa shape index (κ3) is 3.95. The molecule has 0 unspecified atom stereocenters. The Morgan fingerprint density at radius 3 is 2.64 bits per heavy atom. The highest BCUT2D eigenvalue weighted by Crippen LogP contribution is 2.25. The second kappa shape index (κ2) is 7.59. The van der Waals surface area contributed by atoms with Gasteiger partial charge in [0.25, 0.3) is 0 Å². The Balaban J connectivity index is 1.76. The molecule has 1 aliphatic carbocycles. The van der Waals surface area contributed by atoms with E-state index in [9.17, 15) is 9.59 Å². The zero-order chi connectivity index (χ0) is 17.8. The number of nitrogens with zero attached hydrogens (tertiary/aromatic N) is 1. The molecule has 0 radical (unpaired) electrons. The van der Waals surface area contributed by atoms with Crippen LogP contribution in [0.25, 0.3) is 11.5 Å². The van der Waals surface area contributed by atoms with E-state index in [0.29, 0.717) is 17.1 Å². The van der Waals surface area contributed by atoms with Crippen LogP contribution in [0.2, 0.25) is 0 Å². The molecule has 134 valence electrons. The van der Waals surface area contributed by atoms with Gasteiger partial charge in [-0.3, -0.25) is 4.79 Å². The average Bonchev–Trinajstić information content (AvgIpc) is 3.25. The van der Waals surface area contributed by atoms with Gasteiger partial charge in [-0.05, 0) is 55.9 Å². The van der Waals surface area contributed by atoms with Crippen molar-refractivity contribution in [2.75, 3.05) is 7.11 Å². The third-order valence-electron chi connectivity index (χ3n) is 4.83. The number of furan rings is 1. The molecule has 1 N–H and O–H groups in total. The topological polar surface area (TPSA) is 73.5 Å². The summed E-state index contributed by atoms with van der Waals surface area (Å²) in [7, 11) is 1.33. The molecule has 1 saturated carbocycles. The Labute approximate surface area is 147 Å². The summed E-state index contributed by atoms with van der Waals surface area (Å²) in [6, 6.07) is 7.20. The van der Waals surface area contributed by atoms with Crippen LogP contribution in [0, 0.1) is 5.92 Å². The van der Waals surface area contributed by atoms with Crippen LogP contribution in [0.1, 0.15) is 43.1 Å². The van der Waals surface area contributed by atoms with Crippen LogP contribution in [-0.4, -0.2) is 29.6 Å². The number of hydrogen-bond acceptors (Lipinski definition) is 4. The summed E-state index contributed by atoms with van der Waals surface area (Å²) in [6.07, 6.45) is 5.85. The molecular weight excluding hydrogens is 320 g/mol. The molecule has 0 spiro atoms. The second-order valence-corrected chi connectivity index (χ2v) is 6.68. The van der Waals surface area contributed by atoms with Crippen LogP contribution < -0.4 is 5.32 Å². The van der Waals surface area contributed by atoms with Gasteiger partial charge in [0.15, 0.2) is 0 Å². The van der Waals surface area contributed by atoms with Crippen LogP contribution in [0.4, 0.5) is 0 Å². The molecule has 6 nitrogen and oxygen atoms in total. The van der Waals surface area contributed by atoms with Crippen molar-refractivity contribution in [3.8, 4) is 11.5 Å². The Kier molecular flexibility index (Phi) is 5.26. The van der Waals surface area contributed by atoms with Gasteiger partial charge in [0.2, 0.25) is 5.91 Å². The number of amides is 1. The van der Waals surface area contributed by atoms with Gasteiger partial charge in [-0.25, -0.2) is 4.79 Å². The lowest BCUT2D eigenvalue weighted by Gasteiger charge is -2.27. The molecule has 2 aromatic rings. The maximum absolute atomic E-state index is 12.5. The molecule has 25 heavy (non-hydrogen) atoms. The van der Waals surface area contributed by atoms with E-state index in [0.717, 1.165) is 31.6 Å². The van der Waals surface area contributed by atoms with Crippen LogP contribution in [0.15, 0.2) is 34.9 Å². The van der Waals surface area contributed by atoms with E-state index in [-0.39, 0.29) is 18.5 Å². The molecule has 2 heterocycles. The second-order valence-electron chi connectivity index (χ2n) is 6.68. The highest BCUT2D eigenvalue weighted by atomic mass is 16.5. The summed E-state index contributed by atoms with van der Waals surface area (Å²) in [6.45, 7) is 2.30. The number of aromatic nitrogens is 1. The average molecular weight is 344 g/mol. The Morgan fingerprint density at radius 2 is 2.00 bits per heavy atom. The van der Waals surface area contributed by atoms with Crippen molar-refractivity contribution in [3.05, 3.63) is 36.2 Å². The minimum absolute atomic E-state index is 0.0551. The molecule has 3 rings (SSSR count). The van der Waals surface area contributed by atoms with Gasteiger partial charge in [0.1, 0.15) is 18.0 Å². The van der Waals surface area contributed by atoms with Crippen molar-refractivity contribution < 1.29 is 18.7 Å². The maximum atomic E-state index is 12.5. The number of ether oxygens (including phenoxy) is 1. The molecular formula is C19H24N2O4. The minimum Gasteiger partial charge on any atom is -0.464 e. The van der Waals surface area contributed by atoms with Crippen LogP contribution in [0.5, 0.6) is 0 Å². The van der Waals surface area contributed by atoms with Crippen molar-refractivity contribution in [1.29, 1.82) is 0 Å². The van der Waals surface area contributed by atoms with E-state index in [1.807, 2.05) is 0 Å². The molecule has 2 aromatic heterocycles. The van der Waals surface area contributed by atoms with Crippen LogP contribution in [-0.2, 0) is 16.1 Å². The highest BCUT2D eigenvalue weighted by Gasteiger charge is 2.23. The van der Waals surface area contributed by atoms with Crippen molar-refractivity contribution in [2.45, 2.75) is 45.2 Å². The number of carbonyl (C=O) groups excluding carboxylic acids is 2. The first-order valence-corrected chi connectivity index (χ1v) is 8.69. The minimum atomic E-state index is -0.475. The largest absolute Gasteiger partial charge is 0.464 e. The number of hydrogen-bond donors (Lipinski definition) is 1. The fourth-order valence-corrected chi connectivity index (χ4v) is 3.38. The van der Waals surface area contributed by atoms with Gasteiger partial charge in [-0.15, -0.1) is 0 Å². The summed E-state index contributed by atoms with van der Waals surface area (Å²) in [5.74, 6) is 0.759. The third-order valence-corrected chi connectivity index (χ3v) is 4.83. The lowest BCUT2D eigenvalue weighted by Crippen LogP contribution is -2.39. The number of nitrogens with one attached hydrogen (secondary N) is 1. The lowest BCUT2D eigenvalue weighted by atomic mass is 9.87. The summed E-state index contributed by atoms with van der Waals surface area (Å²) in [5.41, 5.74) is 1.01. The van der Waals surface area contributed by atoms with Gasteiger partial charge in [-0.1, -0.05) is 6.92 Å². The Hall–Kier alpha value is -2.50. The molecule has 0 bridgehead atoms. The smallest absolute Gasteiger partial charge is 0.354 e. The molecule has 1 aliphatic rings. The SMILES string of the molecule is COC(=O)c1ccc(-c2ccco2)n1CC(=O)NC1CCC(C)CC1. The monoisotopic (exact) mass is 344 g/mol. The number of carbonyl (C=O) groups is 2. The first-order chi connectivity index (χ1) is 12.1. The lowest BCUT2D eigenvalue weighted by molar-refractivity contribution is -0.122. The number of rotatable bonds is 5. The van der Waals surface area contributed by atoms with Crippen molar-refractivity contribution in [3.63, 3.8) is 0 Å². The number of esters is 1. The molecule has 1 amide bonds. The van der Waals surface area contributed by atoms with Crippen molar-refractivity contribution >= 4 is 11.9 Å². The molecule has 0 aromatic carbocycles. The van der Waals surface area contributed by atoms with Gasteiger partial charge in [0.05, 0.1) is 19.1 Å². The molecule has 0 aliphatic heterocycles. The van der Waals surface area contributed by atoms with E-state index >= 15 is 0 Å². The maximum Gasteiger partial charge on any atom is 0.354 e. The molecule has 1 fully saturated rings. The van der Waals surface area contributed by atoms with E-state index in [4.69, 9.17) is 9.15 Å². The summed E-state index contributed by atoms with van der Waals surface area (Å²) in [5, 5.41) is 3.09. The highest BCUT2D eigenvalue weighted by molar-refractivity contribution is 5.90. The van der Waals surface area contributed by atoms with E-state index in [2.05, 4.69) is 12.2 Å². The molecule has 0 atom stereocenters. The zero-order valence-electron chi connectivity index (χ0n) is 14.7. The summed E-state index contributed by atoms with van der Waals surface area (Å²) >= 11 is 0. The number of methoxy groups -OCH3 is 1. The predicted octanol–water partition coefficient (Wildman–Crippen LogP) is 3.23. The fourth-order valence-electron chi connectivity index (χ4n) is 3.38. The normalized spacial score (nSPS) is 20.2. The Bertz CT molecular complexity index is 725. The first-order valence-electron chi connectivity index (χ1n) is 8.69. The van der Waals surface area contributed by atoms with Crippen LogP contribution in [0.3, 0.4) is 0 Å². The molecule has 0 saturated heterocycles. The van der Waals surface area contributed by atoms with E-state index in [1.165, 1.54) is 7.11 Å². The van der Waals surface area contributed by atoms with E-state index in [1.54, 1.807) is 35.1 Å².